The molecule has 0 saturated carbocycles. The normalized spacial score (nSPS) is 17.8. The summed E-state index contributed by atoms with van der Waals surface area (Å²) < 4.78 is 13.4. The number of imidazole rings is 1. The largest absolute Gasteiger partial charge is 0.340 e. The summed E-state index contributed by atoms with van der Waals surface area (Å²) >= 11 is 0. The molecule has 4 rings (SSSR count). The first kappa shape index (κ1) is 16.7. The number of benzene rings is 1. The summed E-state index contributed by atoms with van der Waals surface area (Å²) in [5.41, 5.74) is 1.38. The van der Waals surface area contributed by atoms with Gasteiger partial charge in [0.25, 0.3) is 0 Å². The molecule has 1 amide bonds. The lowest BCUT2D eigenvalue weighted by atomic mass is 10.0. The zero-order chi connectivity index (χ0) is 18.1. The molecule has 0 aliphatic carbocycles. The van der Waals surface area contributed by atoms with Gasteiger partial charge in [-0.3, -0.25) is 9.89 Å². The number of carbonyl (C=O) groups excluding carboxylic acids is 1. The number of rotatable bonds is 4. The van der Waals surface area contributed by atoms with Crippen molar-refractivity contribution in [3.63, 3.8) is 0 Å². The number of likely N-dealkylation sites (tertiary alicyclic amines) is 1. The molecule has 2 aromatic heterocycles. The van der Waals surface area contributed by atoms with E-state index in [2.05, 4.69) is 25.1 Å². The minimum Gasteiger partial charge on any atom is -0.340 e. The number of aromatic amines is 2. The van der Waals surface area contributed by atoms with Crippen LogP contribution in [0.5, 0.6) is 0 Å². The predicted molar refractivity (Wildman–Crippen MR) is 93.8 cm³/mol. The SMILES string of the molecule is Cc1nc(CCC(=O)N2CCCC[C@@H]2c2nc3ccc(F)cc3[nH]2)n[nH]1. The van der Waals surface area contributed by atoms with E-state index in [-0.39, 0.29) is 17.8 Å². The fourth-order valence-corrected chi connectivity index (χ4v) is 3.54. The molecule has 8 heteroatoms. The van der Waals surface area contributed by atoms with Gasteiger partial charge < -0.3 is 9.88 Å². The molecule has 0 radical (unpaired) electrons. The minimum absolute atomic E-state index is 0.0730. The van der Waals surface area contributed by atoms with E-state index in [1.54, 1.807) is 6.07 Å². The Labute approximate surface area is 150 Å². The maximum Gasteiger partial charge on any atom is 0.223 e. The standard InChI is InChI=1S/C18H21FN6O/c1-11-20-16(24-23-11)7-8-17(26)25-9-3-2-4-15(25)18-21-13-6-5-12(19)10-14(13)22-18/h5-6,10,15H,2-4,7-9H2,1H3,(H,21,22)(H,20,23,24)/t15-/m1/s1. The van der Waals surface area contributed by atoms with E-state index in [1.807, 2.05) is 11.8 Å². The van der Waals surface area contributed by atoms with Crippen molar-refractivity contribution in [3.05, 3.63) is 41.5 Å². The van der Waals surface area contributed by atoms with Crippen molar-refractivity contribution in [1.82, 2.24) is 30.0 Å². The van der Waals surface area contributed by atoms with E-state index in [4.69, 9.17) is 0 Å². The van der Waals surface area contributed by atoms with Gasteiger partial charge in [0.1, 0.15) is 17.5 Å². The molecule has 7 nitrogen and oxygen atoms in total. The van der Waals surface area contributed by atoms with E-state index in [1.165, 1.54) is 12.1 Å². The molecule has 3 aromatic rings. The third-order valence-electron chi connectivity index (χ3n) is 4.81. The van der Waals surface area contributed by atoms with Crippen LogP contribution in [-0.2, 0) is 11.2 Å². The van der Waals surface area contributed by atoms with E-state index in [0.717, 1.165) is 36.4 Å². The third kappa shape index (κ3) is 3.31. The number of aryl methyl sites for hydroxylation is 2. The van der Waals surface area contributed by atoms with Gasteiger partial charge in [-0.05, 0) is 44.4 Å². The van der Waals surface area contributed by atoms with E-state index in [0.29, 0.717) is 30.7 Å². The molecule has 1 atom stereocenters. The molecular formula is C18H21FN6O. The van der Waals surface area contributed by atoms with E-state index in [9.17, 15) is 9.18 Å². The summed E-state index contributed by atoms with van der Waals surface area (Å²) in [6.45, 7) is 2.55. The summed E-state index contributed by atoms with van der Waals surface area (Å²) in [6, 6.07) is 4.40. The number of carbonyl (C=O) groups is 1. The highest BCUT2D eigenvalue weighted by atomic mass is 19.1. The first-order valence-corrected chi connectivity index (χ1v) is 8.92. The van der Waals surface area contributed by atoms with Crippen LogP contribution in [0.25, 0.3) is 11.0 Å². The fourth-order valence-electron chi connectivity index (χ4n) is 3.54. The highest BCUT2D eigenvalue weighted by molar-refractivity contribution is 5.78. The highest BCUT2D eigenvalue weighted by Gasteiger charge is 2.30. The number of halogens is 1. The van der Waals surface area contributed by atoms with Gasteiger partial charge in [-0.1, -0.05) is 0 Å². The third-order valence-corrected chi connectivity index (χ3v) is 4.81. The summed E-state index contributed by atoms with van der Waals surface area (Å²) in [4.78, 5) is 26.7. The van der Waals surface area contributed by atoms with Gasteiger partial charge in [-0.2, -0.15) is 5.10 Å². The Balaban J connectivity index is 1.52. The van der Waals surface area contributed by atoms with E-state index < -0.39 is 0 Å². The number of piperidine rings is 1. The van der Waals surface area contributed by atoms with Crippen molar-refractivity contribution in [1.29, 1.82) is 0 Å². The van der Waals surface area contributed by atoms with Crippen LogP contribution >= 0.6 is 0 Å². The van der Waals surface area contributed by atoms with Gasteiger partial charge in [0.15, 0.2) is 5.82 Å². The van der Waals surface area contributed by atoms with Crippen LogP contribution in [0, 0.1) is 12.7 Å². The smallest absolute Gasteiger partial charge is 0.223 e. The van der Waals surface area contributed by atoms with Crippen LogP contribution in [0.2, 0.25) is 0 Å². The molecule has 3 heterocycles. The van der Waals surface area contributed by atoms with Crippen LogP contribution < -0.4 is 0 Å². The second-order valence-electron chi connectivity index (χ2n) is 6.72. The zero-order valence-electron chi connectivity index (χ0n) is 14.6. The number of H-pyrrole nitrogens is 2. The average molecular weight is 356 g/mol. The molecule has 1 aromatic carbocycles. The van der Waals surface area contributed by atoms with Crippen molar-refractivity contribution in [2.75, 3.05) is 6.54 Å². The van der Waals surface area contributed by atoms with Crippen molar-refractivity contribution in [2.45, 2.75) is 45.1 Å². The van der Waals surface area contributed by atoms with Crippen molar-refractivity contribution in [2.24, 2.45) is 0 Å². The van der Waals surface area contributed by atoms with Crippen LogP contribution in [-0.4, -0.2) is 42.5 Å². The number of nitrogens with zero attached hydrogens (tertiary/aromatic N) is 4. The van der Waals surface area contributed by atoms with Gasteiger partial charge in [0, 0.05) is 19.4 Å². The Morgan fingerprint density at radius 2 is 2.23 bits per heavy atom. The lowest BCUT2D eigenvalue weighted by Crippen LogP contribution is -2.39. The lowest BCUT2D eigenvalue weighted by molar-refractivity contribution is -0.135. The Morgan fingerprint density at radius 3 is 3.04 bits per heavy atom. The molecule has 0 spiro atoms. The summed E-state index contributed by atoms with van der Waals surface area (Å²) in [7, 11) is 0. The number of amides is 1. The Morgan fingerprint density at radius 1 is 1.35 bits per heavy atom. The fraction of sp³-hybridized carbons (Fsp3) is 0.444. The zero-order valence-corrected chi connectivity index (χ0v) is 14.6. The molecule has 1 aliphatic heterocycles. The molecule has 136 valence electrons. The second-order valence-corrected chi connectivity index (χ2v) is 6.72. The lowest BCUT2D eigenvalue weighted by Gasteiger charge is -2.34. The molecule has 1 fully saturated rings. The van der Waals surface area contributed by atoms with Crippen LogP contribution in [0.1, 0.15) is 49.2 Å². The summed E-state index contributed by atoms with van der Waals surface area (Å²) in [5, 5.41) is 6.88. The molecule has 2 N–H and O–H groups in total. The molecular weight excluding hydrogens is 335 g/mol. The van der Waals surface area contributed by atoms with Crippen molar-refractivity contribution in [3.8, 4) is 0 Å². The minimum atomic E-state index is -0.300. The molecule has 1 aliphatic rings. The van der Waals surface area contributed by atoms with Gasteiger partial charge in [-0.25, -0.2) is 14.4 Å². The average Bonchev–Trinajstić information content (AvgIpc) is 3.25. The maximum absolute atomic E-state index is 13.4. The van der Waals surface area contributed by atoms with Crippen LogP contribution in [0.4, 0.5) is 4.39 Å². The Hall–Kier alpha value is -2.77. The monoisotopic (exact) mass is 356 g/mol. The van der Waals surface area contributed by atoms with Gasteiger partial charge in [0.2, 0.25) is 5.91 Å². The highest BCUT2D eigenvalue weighted by Crippen LogP contribution is 2.31. The second kappa shape index (κ2) is 6.86. The van der Waals surface area contributed by atoms with Crippen LogP contribution in [0.15, 0.2) is 18.2 Å². The van der Waals surface area contributed by atoms with Crippen LogP contribution in [0.3, 0.4) is 0 Å². The maximum atomic E-state index is 13.4. The van der Waals surface area contributed by atoms with Gasteiger partial charge in [0.05, 0.1) is 17.1 Å². The number of fused-ring (bicyclic) bond motifs is 1. The van der Waals surface area contributed by atoms with Gasteiger partial charge in [-0.15, -0.1) is 0 Å². The van der Waals surface area contributed by atoms with E-state index >= 15 is 0 Å². The Kier molecular flexibility index (Phi) is 4.40. The van der Waals surface area contributed by atoms with Crippen molar-refractivity contribution < 1.29 is 9.18 Å². The molecule has 0 bridgehead atoms. The summed E-state index contributed by atoms with van der Waals surface area (Å²) in [5.74, 6) is 1.91. The molecule has 0 unspecified atom stereocenters. The molecule has 1 saturated heterocycles. The number of hydrogen-bond acceptors (Lipinski definition) is 4. The van der Waals surface area contributed by atoms with Crippen molar-refractivity contribution >= 4 is 16.9 Å². The number of aromatic nitrogens is 5. The quantitative estimate of drug-likeness (QED) is 0.752. The Bertz CT molecular complexity index is 933. The number of nitrogens with one attached hydrogen (secondary N) is 2. The summed E-state index contributed by atoms with van der Waals surface area (Å²) in [6.07, 6.45) is 3.75. The first-order valence-electron chi connectivity index (χ1n) is 8.92. The number of hydrogen-bond donors (Lipinski definition) is 2. The first-order chi connectivity index (χ1) is 12.6. The predicted octanol–water partition coefficient (Wildman–Crippen LogP) is 2.81. The van der Waals surface area contributed by atoms with Gasteiger partial charge >= 0.3 is 0 Å². The molecule has 26 heavy (non-hydrogen) atoms. The topological polar surface area (TPSA) is 90.6 Å².